The van der Waals surface area contributed by atoms with Crippen molar-refractivity contribution in [3.05, 3.63) is 93.8 Å². The van der Waals surface area contributed by atoms with E-state index in [9.17, 15) is 18.7 Å². The molecule has 1 N–H and O–H groups in total. The molecule has 7 nitrogen and oxygen atoms in total. The normalized spacial score (nSPS) is 18.7. The van der Waals surface area contributed by atoms with Crippen LogP contribution in [0.25, 0.3) is 11.0 Å². The summed E-state index contributed by atoms with van der Waals surface area (Å²) >= 11 is 5.81. The number of benzene rings is 3. The highest BCUT2D eigenvalue weighted by molar-refractivity contribution is 7.59. The number of aromatic carboxylic acids is 1. The maximum absolute atomic E-state index is 14.9. The summed E-state index contributed by atoms with van der Waals surface area (Å²) in [6.07, 6.45) is 1.81. The van der Waals surface area contributed by atoms with E-state index in [0.717, 1.165) is 48.4 Å². The minimum Gasteiger partial charge on any atom is -0.486 e. The number of rotatable bonds is 9. The third-order valence-corrected chi connectivity index (χ3v) is 7.91. The van der Waals surface area contributed by atoms with E-state index in [1.54, 1.807) is 36.4 Å². The summed E-state index contributed by atoms with van der Waals surface area (Å²) in [6, 6.07) is 14.1. The second kappa shape index (κ2) is 12.4. The predicted molar refractivity (Wildman–Crippen MR) is 156 cm³/mol. The fourth-order valence-corrected chi connectivity index (χ4v) is 5.60. The van der Waals surface area contributed by atoms with Crippen LogP contribution in [0.2, 0.25) is 5.02 Å². The average molecular weight is 602 g/mol. The van der Waals surface area contributed by atoms with Crippen LogP contribution in [0.5, 0.6) is 5.75 Å². The highest BCUT2D eigenvalue weighted by Crippen LogP contribution is 2.32. The Morgan fingerprint density at radius 1 is 1.10 bits per heavy atom. The number of halogens is 3. The average Bonchev–Trinajstić information content (AvgIpc) is 3.50. The van der Waals surface area contributed by atoms with Crippen molar-refractivity contribution in [1.82, 2.24) is 14.5 Å². The van der Waals surface area contributed by atoms with Gasteiger partial charge in [0.05, 0.1) is 35.8 Å². The SMILES string of the molecule is O=C(O)c1ccc2nc(CN3CCC(c4cc(COc5ccc(Cl)cc5F)ccc4F)C3)n(C[C@@H]3CCO3)c2c1.S. The Bertz CT molecular complexity index is 1580. The van der Waals surface area contributed by atoms with Crippen LogP contribution < -0.4 is 4.74 Å². The molecule has 6 rings (SSSR count). The lowest BCUT2D eigenvalue weighted by Gasteiger charge is -2.28. The topological polar surface area (TPSA) is 76.8 Å². The van der Waals surface area contributed by atoms with Crippen molar-refractivity contribution < 1.29 is 28.2 Å². The van der Waals surface area contributed by atoms with Crippen molar-refractivity contribution in [3.8, 4) is 5.75 Å². The van der Waals surface area contributed by atoms with Crippen molar-refractivity contribution in [1.29, 1.82) is 0 Å². The Kier molecular flexibility index (Phi) is 8.84. The van der Waals surface area contributed by atoms with E-state index in [-0.39, 0.29) is 54.3 Å². The van der Waals surface area contributed by atoms with Crippen molar-refractivity contribution in [2.75, 3.05) is 19.7 Å². The summed E-state index contributed by atoms with van der Waals surface area (Å²) < 4.78 is 42.4. The number of hydrogen-bond donors (Lipinski definition) is 1. The second-order valence-electron chi connectivity index (χ2n) is 10.4. The molecule has 1 unspecified atom stereocenters. The first-order valence-electron chi connectivity index (χ1n) is 13.3. The number of nitrogens with zero attached hydrogens (tertiary/aromatic N) is 3. The van der Waals surface area contributed by atoms with E-state index in [2.05, 4.69) is 9.47 Å². The van der Waals surface area contributed by atoms with Crippen LogP contribution in [0.4, 0.5) is 8.78 Å². The van der Waals surface area contributed by atoms with Gasteiger partial charge in [0.2, 0.25) is 0 Å². The van der Waals surface area contributed by atoms with Gasteiger partial charge in [0.15, 0.2) is 11.6 Å². The summed E-state index contributed by atoms with van der Waals surface area (Å²) in [7, 11) is 0. The first kappa shape index (κ1) is 29.3. The van der Waals surface area contributed by atoms with Crippen molar-refractivity contribution in [2.45, 2.75) is 44.6 Å². The van der Waals surface area contributed by atoms with Gasteiger partial charge in [0, 0.05) is 24.1 Å². The third kappa shape index (κ3) is 6.35. The van der Waals surface area contributed by atoms with E-state index in [1.165, 1.54) is 18.2 Å². The minimum atomic E-state index is -0.980. The van der Waals surface area contributed by atoms with Crippen LogP contribution in [0.1, 0.15) is 46.1 Å². The molecular formula is C30H30ClF2N3O4S. The maximum atomic E-state index is 14.9. The van der Waals surface area contributed by atoms with E-state index in [1.807, 2.05) is 0 Å². The number of carbonyl (C=O) groups is 1. The molecule has 216 valence electrons. The molecule has 2 saturated heterocycles. The molecule has 0 bridgehead atoms. The van der Waals surface area contributed by atoms with Gasteiger partial charge in [-0.1, -0.05) is 17.7 Å². The maximum Gasteiger partial charge on any atom is 0.335 e. The van der Waals surface area contributed by atoms with Gasteiger partial charge in [0.1, 0.15) is 18.2 Å². The first-order chi connectivity index (χ1) is 19.3. The molecule has 0 radical (unpaired) electrons. The summed E-state index contributed by atoms with van der Waals surface area (Å²) in [5, 5.41) is 9.77. The number of imidazole rings is 1. The van der Waals surface area contributed by atoms with Gasteiger partial charge in [-0.25, -0.2) is 18.6 Å². The molecule has 3 aromatic carbocycles. The number of aromatic nitrogens is 2. The van der Waals surface area contributed by atoms with Crippen LogP contribution in [0.3, 0.4) is 0 Å². The molecule has 1 aromatic heterocycles. The van der Waals surface area contributed by atoms with E-state index >= 15 is 0 Å². The number of carboxylic acid groups (broad SMARTS) is 1. The largest absolute Gasteiger partial charge is 0.486 e. The highest BCUT2D eigenvalue weighted by atomic mass is 35.5. The predicted octanol–water partition coefficient (Wildman–Crippen LogP) is 6.14. The summed E-state index contributed by atoms with van der Waals surface area (Å²) in [5.41, 5.74) is 3.10. The molecule has 11 heteroatoms. The zero-order valence-corrected chi connectivity index (χ0v) is 23.9. The molecule has 2 atom stereocenters. The summed E-state index contributed by atoms with van der Waals surface area (Å²) in [5.74, 6) is -0.890. The van der Waals surface area contributed by atoms with Crippen molar-refractivity contribution in [3.63, 3.8) is 0 Å². The molecule has 2 aliphatic heterocycles. The van der Waals surface area contributed by atoms with Crippen LogP contribution in [-0.2, 0) is 24.4 Å². The Hall–Kier alpha value is -3.18. The lowest BCUT2D eigenvalue weighted by molar-refractivity contribution is -0.0591. The number of ether oxygens (including phenoxy) is 2. The van der Waals surface area contributed by atoms with Crippen molar-refractivity contribution >= 4 is 42.1 Å². The van der Waals surface area contributed by atoms with Crippen LogP contribution in [0, 0.1) is 11.6 Å². The highest BCUT2D eigenvalue weighted by Gasteiger charge is 2.29. The number of likely N-dealkylation sites (tertiary alicyclic amines) is 1. The van der Waals surface area contributed by atoms with Gasteiger partial charge in [-0.3, -0.25) is 4.90 Å². The molecular weight excluding hydrogens is 572 g/mol. The zero-order valence-electron chi connectivity index (χ0n) is 22.2. The quantitative estimate of drug-likeness (QED) is 0.248. The molecule has 4 aromatic rings. The van der Waals surface area contributed by atoms with Gasteiger partial charge >= 0.3 is 5.97 Å². The summed E-state index contributed by atoms with van der Waals surface area (Å²) in [4.78, 5) is 18.6. The molecule has 41 heavy (non-hydrogen) atoms. The molecule has 3 heterocycles. The number of carboxylic acids is 1. The fourth-order valence-electron chi connectivity index (χ4n) is 5.44. The van der Waals surface area contributed by atoms with Gasteiger partial charge in [-0.05, 0) is 79.0 Å². The minimum absolute atomic E-state index is 0. The molecule has 0 amide bonds. The Morgan fingerprint density at radius 2 is 1.93 bits per heavy atom. The van der Waals surface area contributed by atoms with Gasteiger partial charge in [0.25, 0.3) is 0 Å². The van der Waals surface area contributed by atoms with Crippen LogP contribution >= 0.6 is 25.1 Å². The Balaban J connectivity index is 0.00000337. The lowest BCUT2D eigenvalue weighted by atomic mass is 9.96. The van der Waals surface area contributed by atoms with E-state index in [4.69, 9.17) is 26.1 Å². The zero-order chi connectivity index (χ0) is 27.8. The monoisotopic (exact) mass is 601 g/mol. The van der Waals surface area contributed by atoms with Gasteiger partial charge in [-0.15, -0.1) is 0 Å². The van der Waals surface area contributed by atoms with E-state index in [0.29, 0.717) is 25.2 Å². The summed E-state index contributed by atoms with van der Waals surface area (Å²) in [6.45, 7) is 3.41. The lowest BCUT2D eigenvalue weighted by Crippen LogP contribution is -2.32. The van der Waals surface area contributed by atoms with Gasteiger partial charge in [-0.2, -0.15) is 13.5 Å². The molecule has 0 spiro atoms. The molecule has 2 fully saturated rings. The van der Waals surface area contributed by atoms with E-state index < -0.39 is 11.8 Å². The third-order valence-electron chi connectivity index (χ3n) is 7.68. The van der Waals surface area contributed by atoms with Crippen LogP contribution in [0.15, 0.2) is 54.6 Å². The first-order valence-corrected chi connectivity index (χ1v) is 13.6. The smallest absolute Gasteiger partial charge is 0.335 e. The van der Waals surface area contributed by atoms with Crippen LogP contribution in [-0.4, -0.2) is 51.3 Å². The van der Waals surface area contributed by atoms with Gasteiger partial charge < -0.3 is 19.1 Å². The second-order valence-corrected chi connectivity index (χ2v) is 10.8. The molecule has 0 aliphatic carbocycles. The molecule has 0 saturated carbocycles. The standard InChI is InChI=1S/C30H28ClF2N3O4.H2S/c31-21-3-6-28(25(33)13-21)40-17-18-1-4-24(32)23(11-18)20-7-9-35(14-20)16-29-34-26-5-2-19(30(37)38)12-27(26)36(29)15-22-8-10-39-22;/h1-6,11-13,20,22H,7-10,14-17H2,(H,37,38);1H2/t20?,22-;/m0./s1. The number of fused-ring (bicyclic) bond motifs is 1. The number of hydrogen-bond acceptors (Lipinski definition) is 5. The Morgan fingerprint density at radius 3 is 2.66 bits per heavy atom. The Labute approximate surface area is 248 Å². The fraction of sp³-hybridized carbons (Fsp3) is 0.333. The van der Waals surface area contributed by atoms with Crippen molar-refractivity contribution in [2.24, 2.45) is 0 Å². The molecule has 2 aliphatic rings.